The van der Waals surface area contributed by atoms with Crippen molar-refractivity contribution < 1.29 is 19.7 Å². The fourth-order valence-electron chi connectivity index (χ4n) is 7.31. The molecule has 4 saturated carbocycles. The molecule has 4 aliphatic carbocycles. The summed E-state index contributed by atoms with van der Waals surface area (Å²) in [5.74, 6) is 0.839. The summed E-state index contributed by atoms with van der Waals surface area (Å²) in [4.78, 5) is 0. The minimum Gasteiger partial charge on any atom is -0.393 e. The fourth-order valence-corrected chi connectivity index (χ4v) is 7.31. The number of alkyl halides is 1. The van der Waals surface area contributed by atoms with Crippen LogP contribution < -0.4 is 0 Å². The highest BCUT2D eigenvalue weighted by atomic mass is 19.1. The summed E-state index contributed by atoms with van der Waals surface area (Å²) in [7, 11) is 0. The molecule has 0 bridgehead atoms. The number of halogens is 1. The van der Waals surface area contributed by atoms with Crippen LogP contribution in [0.25, 0.3) is 0 Å². The van der Waals surface area contributed by atoms with E-state index in [1.165, 1.54) is 0 Å². The molecule has 3 N–H and O–H groups in total. The molecule has 0 aromatic heterocycles. The van der Waals surface area contributed by atoms with E-state index in [4.69, 9.17) is 0 Å². The molecular weight excluding hydrogens is 295 g/mol. The van der Waals surface area contributed by atoms with Gasteiger partial charge in [-0.2, -0.15) is 0 Å². The van der Waals surface area contributed by atoms with Gasteiger partial charge in [0.2, 0.25) is 0 Å². The van der Waals surface area contributed by atoms with Gasteiger partial charge in [-0.05, 0) is 73.5 Å². The Morgan fingerprint density at radius 2 is 1.48 bits per heavy atom. The lowest BCUT2D eigenvalue weighted by molar-refractivity contribution is -0.199. The molecule has 4 heteroatoms. The molecule has 0 heterocycles. The van der Waals surface area contributed by atoms with Crippen LogP contribution in [-0.2, 0) is 0 Å². The first-order valence-electron chi connectivity index (χ1n) is 9.47. The zero-order chi connectivity index (χ0) is 16.6. The van der Waals surface area contributed by atoms with Gasteiger partial charge in [0.1, 0.15) is 6.17 Å². The normalized spacial score (nSPS) is 62.3. The van der Waals surface area contributed by atoms with Gasteiger partial charge >= 0.3 is 0 Å². The summed E-state index contributed by atoms with van der Waals surface area (Å²) in [6.07, 6.45) is 2.80. The summed E-state index contributed by atoms with van der Waals surface area (Å²) in [6.45, 7) is 4.37. The summed E-state index contributed by atoms with van der Waals surface area (Å²) >= 11 is 0. The second kappa shape index (κ2) is 5.15. The fraction of sp³-hybridized carbons (Fsp3) is 1.00. The number of rotatable bonds is 0. The van der Waals surface area contributed by atoms with Crippen LogP contribution in [0.5, 0.6) is 0 Å². The number of hydrogen-bond acceptors (Lipinski definition) is 3. The van der Waals surface area contributed by atoms with E-state index in [0.29, 0.717) is 30.6 Å². The molecule has 0 aromatic rings. The molecule has 0 aromatic carbocycles. The zero-order valence-corrected chi connectivity index (χ0v) is 14.3. The molecule has 4 aliphatic rings. The number of hydrogen-bond donors (Lipinski definition) is 3. The molecule has 0 amide bonds. The highest BCUT2D eigenvalue weighted by Crippen LogP contribution is 2.66. The third kappa shape index (κ3) is 2.04. The quantitative estimate of drug-likeness (QED) is 0.641. The second-order valence-electron chi connectivity index (χ2n) is 9.40. The average Bonchev–Trinajstić information content (AvgIpc) is 2.79. The first-order chi connectivity index (χ1) is 10.8. The molecule has 132 valence electrons. The Morgan fingerprint density at radius 3 is 2.22 bits per heavy atom. The van der Waals surface area contributed by atoms with E-state index in [1.54, 1.807) is 0 Å². The first-order valence-corrected chi connectivity index (χ1v) is 9.47. The molecule has 0 spiro atoms. The van der Waals surface area contributed by atoms with Crippen molar-refractivity contribution >= 4 is 0 Å². The topological polar surface area (TPSA) is 60.7 Å². The highest BCUT2D eigenvalue weighted by molar-refractivity contribution is 5.12. The van der Waals surface area contributed by atoms with Gasteiger partial charge in [0.15, 0.2) is 0 Å². The smallest absolute Gasteiger partial charge is 0.132 e. The summed E-state index contributed by atoms with van der Waals surface area (Å²) in [5, 5.41) is 31.2. The summed E-state index contributed by atoms with van der Waals surface area (Å²) < 4.78 is 14.7. The average molecular weight is 326 g/mol. The molecule has 0 saturated heterocycles. The Hall–Kier alpha value is -0.190. The first kappa shape index (κ1) is 16.3. The predicted octanol–water partition coefficient (Wildman–Crippen LogP) is 2.67. The molecular formula is C19H31FO3. The Balaban J connectivity index is 1.68. The van der Waals surface area contributed by atoms with Gasteiger partial charge < -0.3 is 15.3 Å². The van der Waals surface area contributed by atoms with Gasteiger partial charge in [0, 0.05) is 5.92 Å². The van der Waals surface area contributed by atoms with Crippen LogP contribution in [0.2, 0.25) is 0 Å². The van der Waals surface area contributed by atoms with E-state index in [2.05, 4.69) is 13.8 Å². The van der Waals surface area contributed by atoms with Crippen molar-refractivity contribution in [3.63, 3.8) is 0 Å². The molecule has 10 atom stereocenters. The van der Waals surface area contributed by atoms with E-state index in [-0.39, 0.29) is 16.9 Å². The molecule has 3 nitrogen and oxygen atoms in total. The molecule has 4 rings (SSSR count). The van der Waals surface area contributed by atoms with E-state index >= 15 is 0 Å². The van der Waals surface area contributed by atoms with E-state index in [1.807, 2.05) is 0 Å². The minimum absolute atomic E-state index is 0.0205. The standard InChI is InChI=1S/C19H31FO3/c1-18-7-5-12-10(11(18)3-4-15(18)23)9-14(22)16-17(20)13(21)6-8-19(12,16)2/h10-17,21-23H,3-9H2,1-2H3/t10-,11-,12+,13?,14?,15?,16?,17?,18-,19+/m0/s1. The van der Waals surface area contributed by atoms with Crippen molar-refractivity contribution in [1.29, 1.82) is 0 Å². The van der Waals surface area contributed by atoms with Gasteiger partial charge in [-0.3, -0.25) is 0 Å². The molecule has 0 radical (unpaired) electrons. The number of aliphatic hydroxyl groups is 3. The van der Waals surface area contributed by atoms with Crippen molar-refractivity contribution in [3.8, 4) is 0 Å². The van der Waals surface area contributed by atoms with Crippen molar-refractivity contribution in [2.75, 3.05) is 0 Å². The summed E-state index contributed by atoms with van der Waals surface area (Å²) in [5.41, 5.74) is -0.233. The van der Waals surface area contributed by atoms with Gasteiger partial charge in [-0.15, -0.1) is 0 Å². The van der Waals surface area contributed by atoms with E-state index in [0.717, 1.165) is 32.1 Å². The molecule has 4 fully saturated rings. The van der Waals surface area contributed by atoms with Gasteiger partial charge in [0.05, 0.1) is 18.3 Å². The Kier molecular flexibility index (Phi) is 3.65. The highest BCUT2D eigenvalue weighted by Gasteiger charge is 2.63. The maximum atomic E-state index is 14.7. The van der Waals surface area contributed by atoms with Crippen molar-refractivity contribution in [2.24, 2.45) is 34.5 Å². The molecule has 23 heavy (non-hydrogen) atoms. The maximum Gasteiger partial charge on any atom is 0.132 e. The van der Waals surface area contributed by atoms with Crippen LogP contribution in [0.4, 0.5) is 4.39 Å². The molecule has 5 unspecified atom stereocenters. The maximum absolute atomic E-state index is 14.7. The van der Waals surface area contributed by atoms with Gasteiger partial charge in [-0.1, -0.05) is 13.8 Å². The predicted molar refractivity (Wildman–Crippen MR) is 85.4 cm³/mol. The van der Waals surface area contributed by atoms with Gasteiger partial charge in [-0.25, -0.2) is 4.39 Å². The van der Waals surface area contributed by atoms with Crippen LogP contribution in [0.15, 0.2) is 0 Å². The van der Waals surface area contributed by atoms with Crippen LogP contribution in [-0.4, -0.2) is 39.8 Å². The van der Waals surface area contributed by atoms with Crippen LogP contribution in [0.3, 0.4) is 0 Å². The zero-order valence-electron chi connectivity index (χ0n) is 14.3. The second-order valence-corrected chi connectivity index (χ2v) is 9.40. The monoisotopic (exact) mass is 326 g/mol. The van der Waals surface area contributed by atoms with E-state index < -0.39 is 24.3 Å². The third-order valence-corrected chi connectivity index (χ3v) is 8.61. The third-order valence-electron chi connectivity index (χ3n) is 8.61. The lowest BCUT2D eigenvalue weighted by atomic mass is 9.44. The largest absolute Gasteiger partial charge is 0.393 e. The van der Waals surface area contributed by atoms with Crippen molar-refractivity contribution in [2.45, 2.75) is 83.3 Å². The van der Waals surface area contributed by atoms with E-state index in [9.17, 15) is 19.7 Å². The molecule has 0 aliphatic heterocycles. The number of fused-ring (bicyclic) bond motifs is 5. The SMILES string of the molecule is C[C@]12CCC(O)C(F)C1C(O)C[C@@H]1[C@H]2CC[C@]2(C)C(O)CC[C@@H]12. The van der Waals surface area contributed by atoms with Crippen LogP contribution in [0, 0.1) is 34.5 Å². The van der Waals surface area contributed by atoms with Crippen molar-refractivity contribution in [3.05, 3.63) is 0 Å². The van der Waals surface area contributed by atoms with Gasteiger partial charge in [0.25, 0.3) is 0 Å². The minimum atomic E-state index is -1.30. The lowest BCUT2D eigenvalue weighted by Gasteiger charge is -2.62. The lowest BCUT2D eigenvalue weighted by Crippen LogP contribution is -2.62. The number of aliphatic hydroxyl groups excluding tert-OH is 3. The summed E-state index contributed by atoms with van der Waals surface area (Å²) in [6, 6.07) is 0. The Bertz CT molecular complexity index is 485. The van der Waals surface area contributed by atoms with Crippen molar-refractivity contribution in [1.82, 2.24) is 0 Å². The van der Waals surface area contributed by atoms with Crippen LogP contribution in [0.1, 0.15) is 58.8 Å². The van der Waals surface area contributed by atoms with Crippen LogP contribution >= 0.6 is 0 Å². The Labute approximate surface area is 138 Å². The Morgan fingerprint density at radius 1 is 0.826 bits per heavy atom.